The van der Waals surface area contributed by atoms with Crippen LogP contribution in [0.5, 0.6) is 11.5 Å². The van der Waals surface area contributed by atoms with Gasteiger partial charge in [0, 0.05) is 5.39 Å². The molecule has 0 aromatic heterocycles. The molecule has 0 amide bonds. The van der Waals surface area contributed by atoms with Crippen molar-refractivity contribution in [1.29, 1.82) is 0 Å². The highest BCUT2D eigenvalue weighted by Gasteiger charge is 2.17. The number of para-hydroxylation sites is 1. The molecule has 0 spiro atoms. The van der Waals surface area contributed by atoms with Crippen LogP contribution in [-0.2, 0) is 0 Å². The first kappa shape index (κ1) is 13.1. The van der Waals surface area contributed by atoms with Gasteiger partial charge in [-0.05, 0) is 23.6 Å². The Kier molecular flexibility index (Phi) is 3.28. The summed E-state index contributed by atoms with van der Waals surface area (Å²) in [4.78, 5) is 12.1. The molecule has 0 radical (unpaired) electrons. The highest BCUT2D eigenvalue weighted by molar-refractivity contribution is 5.97. The zero-order chi connectivity index (χ0) is 14.8. The van der Waals surface area contributed by atoms with Crippen LogP contribution in [0.2, 0.25) is 0 Å². The zero-order valence-corrected chi connectivity index (χ0v) is 10.9. The summed E-state index contributed by atoms with van der Waals surface area (Å²) < 4.78 is 19.1. The van der Waals surface area contributed by atoms with Crippen LogP contribution in [0, 0.1) is 5.82 Å². The summed E-state index contributed by atoms with van der Waals surface area (Å²) >= 11 is 0. The Morgan fingerprint density at radius 1 is 0.952 bits per heavy atom. The topological polar surface area (TPSA) is 46.5 Å². The number of aromatic hydroxyl groups is 1. The molecule has 1 N–H and O–H groups in total. The third-order valence-corrected chi connectivity index (χ3v) is 3.15. The molecule has 0 heterocycles. The minimum absolute atomic E-state index is 0.00941. The van der Waals surface area contributed by atoms with E-state index < -0.39 is 11.8 Å². The first-order chi connectivity index (χ1) is 10.2. The Morgan fingerprint density at radius 3 is 2.48 bits per heavy atom. The van der Waals surface area contributed by atoms with E-state index in [0.29, 0.717) is 5.39 Å². The molecule has 0 atom stereocenters. The number of hydrogen-bond acceptors (Lipinski definition) is 3. The maximum absolute atomic E-state index is 14.0. The van der Waals surface area contributed by atoms with Crippen molar-refractivity contribution >= 4 is 16.7 Å². The van der Waals surface area contributed by atoms with Gasteiger partial charge in [-0.3, -0.25) is 0 Å². The fourth-order valence-corrected chi connectivity index (χ4v) is 2.11. The van der Waals surface area contributed by atoms with Crippen molar-refractivity contribution < 1.29 is 19.0 Å². The lowest BCUT2D eigenvalue weighted by atomic mass is 10.1. The lowest BCUT2D eigenvalue weighted by Gasteiger charge is -2.09. The van der Waals surface area contributed by atoms with Crippen molar-refractivity contribution in [3.8, 4) is 11.5 Å². The number of esters is 1. The van der Waals surface area contributed by atoms with E-state index in [1.54, 1.807) is 36.4 Å². The van der Waals surface area contributed by atoms with Crippen LogP contribution in [0.15, 0.2) is 60.7 Å². The average Bonchev–Trinajstić information content (AvgIpc) is 2.50. The van der Waals surface area contributed by atoms with Gasteiger partial charge in [0.1, 0.15) is 11.3 Å². The summed E-state index contributed by atoms with van der Waals surface area (Å²) in [6.07, 6.45) is 0. The first-order valence-electron chi connectivity index (χ1n) is 6.34. The van der Waals surface area contributed by atoms with Crippen LogP contribution >= 0.6 is 0 Å². The Morgan fingerprint density at radius 2 is 1.67 bits per heavy atom. The van der Waals surface area contributed by atoms with Crippen molar-refractivity contribution in [2.75, 3.05) is 0 Å². The molecule has 4 heteroatoms. The number of halogens is 1. The molecule has 104 valence electrons. The number of ether oxygens (including phenoxy) is 1. The number of carbonyl (C=O) groups excluding carboxylic acids is 1. The van der Waals surface area contributed by atoms with E-state index in [9.17, 15) is 14.3 Å². The van der Waals surface area contributed by atoms with Crippen LogP contribution in [0.3, 0.4) is 0 Å². The predicted octanol–water partition coefficient (Wildman–Crippen LogP) is 3.90. The normalized spacial score (nSPS) is 10.5. The maximum atomic E-state index is 14.0. The van der Waals surface area contributed by atoms with Gasteiger partial charge in [-0.15, -0.1) is 0 Å². The third-order valence-electron chi connectivity index (χ3n) is 3.15. The summed E-state index contributed by atoms with van der Waals surface area (Å²) in [6.45, 7) is 0. The van der Waals surface area contributed by atoms with E-state index in [4.69, 9.17) is 4.74 Å². The molecule has 0 unspecified atom stereocenters. The summed E-state index contributed by atoms with van der Waals surface area (Å²) in [6, 6.07) is 15.8. The molecule has 3 aromatic rings. The van der Waals surface area contributed by atoms with Crippen molar-refractivity contribution in [2.45, 2.75) is 0 Å². The van der Waals surface area contributed by atoms with Crippen LogP contribution in [-0.4, -0.2) is 11.1 Å². The quantitative estimate of drug-likeness (QED) is 0.572. The average molecular weight is 282 g/mol. The minimum Gasteiger partial charge on any atom is -0.507 e. The number of benzene rings is 3. The number of carbonyl (C=O) groups is 1. The molecule has 0 saturated heterocycles. The second-order valence-electron chi connectivity index (χ2n) is 4.50. The number of phenols is 1. The highest BCUT2D eigenvalue weighted by atomic mass is 19.1. The summed E-state index contributed by atoms with van der Waals surface area (Å²) in [5, 5.41) is 10.9. The van der Waals surface area contributed by atoms with Crippen molar-refractivity contribution in [1.82, 2.24) is 0 Å². The Bertz CT molecular complexity index is 827. The van der Waals surface area contributed by atoms with Gasteiger partial charge < -0.3 is 9.84 Å². The van der Waals surface area contributed by atoms with E-state index in [-0.39, 0.29) is 17.1 Å². The Labute approximate surface area is 120 Å². The molecule has 3 rings (SSSR count). The van der Waals surface area contributed by atoms with Gasteiger partial charge in [0.05, 0.1) is 0 Å². The molecule has 21 heavy (non-hydrogen) atoms. The molecule has 3 aromatic carbocycles. The zero-order valence-electron chi connectivity index (χ0n) is 10.9. The van der Waals surface area contributed by atoms with Gasteiger partial charge in [-0.1, -0.05) is 42.5 Å². The van der Waals surface area contributed by atoms with Crippen molar-refractivity contribution in [3.63, 3.8) is 0 Å². The number of hydrogen-bond donors (Lipinski definition) is 1. The number of fused-ring (bicyclic) bond motifs is 1. The fraction of sp³-hybridized carbons (Fsp3) is 0. The maximum Gasteiger partial charge on any atom is 0.347 e. The van der Waals surface area contributed by atoms with E-state index in [0.717, 1.165) is 5.39 Å². The summed E-state index contributed by atoms with van der Waals surface area (Å²) in [7, 11) is 0. The Hall–Kier alpha value is -2.88. The van der Waals surface area contributed by atoms with Crippen molar-refractivity contribution in [2.24, 2.45) is 0 Å². The van der Waals surface area contributed by atoms with E-state index in [2.05, 4.69) is 0 Å². The lowest BCUT2D eigenvalue weighted by molar-refractivity contribution is 0.0727. The third kappa shape index (κ3) is 2.43. The second kappa shape index (κ2) is 5.25. The monoisotopic (exact) mass is 282 g/mol. The van der Waals surface area contributed by atoms with Gasteiger partial charge >= 0.3 is 5.97 Å². The van der Waals surface area contributed by atoms with Crippen LogP contribution in [0.25, 0.3) is 10.8 Å². The van der Waals surface area contributed by atoms with Crippen LogP contribution in [0.1, 0.15) is 10.4 Å². The smallest absolute Gasteiger partial charge is 0.347 e. The van der Waals surface area contributed by atoms with Crippen molar-refractivity contribution in [3.05, 3.63) is 72.0 Å². The minimum atomic E-state index is -0.802. The molecular formula is C17H11FO3. The molecule has 0 aliphatic heterocycles. The van der Waals surface area contributed by atoms with E-state index in [1.165, 1.54) is 18.2 Å². The fourth-order valence-electron chi connectivity index (χ4n) is 2.11. The second-order valence-corrected chi connectivity index (χ2v) is 4.50. The van der Waals surface area contributed by atoms with Gasteiger partial charge in [-0.2, -0.15) is 0 Å². The summed E-state index contributed by atoms with van der Waals surface area (Å²) in [5.41, 5.74) is -0.00941. The van der Waals surface area contributed by atoms with Crippen LogP contribution in [0.4, 0.5) is 4.39 Å². The Balaban J connectivity index is 2.04. The molecule has 0 bridgehead atoms. The standard InChI is InChI=1S/C17H11FO3/c18-14-10-9-11-5-1-2-6-12(11)16(14)21-17(20)13-7-3-4-8-15(13)19/h1-10,19H. The van der Waals surface area contributed by atoms with Crippen LogP contribution < -0.4 is 4.74 Å². The highest BCUT2D eigenvalue weighted by Crippen LogP contribution is 2.30. The van der Waals surface area contributed by atoms with Gasteiger partial charge in [-0.25, -0.2) is 9.18 Å². The van der Waals surface area contributed by atoms with Gasteiger partial charge in [0.2, 0.25) is 0 Å². The summed E-state index contributed by atoms with van der Waals surface area (Å²) in [5.74, 6) is -1.77. The molecule has 0 aliphatic carbocycles. The van der Waals surface area contributed by atoms with Gasteiger partial charge in [0.25, 0.3) is 0 Å². The van der Waals surface area contributed by atoms with E-state index in [1.807, 2.05) is 6.07 Å². The molecule has 0 fully saturated rings. The molecule has 0 saturated carbocycles. The molecule has 3 nitrogen and oxygen atoms in total. The number of rotatable bonds is 2. The first-order valence-corrected chi connectivity index (χ1v) is 6.34. The van der Waals surface area contributed by atoms with E-state index >= 15 is 0 Å². The molecule has 0 aliphatic rings. The number of phenolic OH excluding ortho intramolecular Hbond substituents is 1. The lowest BCUT2D eigenvalue weighted by Crippen LogP contribution is -2.10. The largest absolute Gasteiger partial charge is 0.507 e. The van der Waals surface area contributed by atoms with Gasteiger partial charge in [0.15, 0.2) is 11.6 Å². The molecular weight excluding hydrogens is 271 g/mol. The SMILES string of the molecule is O=C(Oc1c(F)ccc2ccccc12)c1ccccc1O. The predicted molar refractivity (Wildman–Crippen MR) is 77.0 cm³/mol.